The van der Waals surface area contributed by atoms with Gasteiger partial charge in [-0.25, -0.2) is 9.18 Å². The maximum Gasteiger partial charge on any atom is 0.342 e. The first-order valence-electron chi connectivity index (χ1n) is 8.97. The van der Waals surface area contributed by atoms with E-state index in [1.807, 2.05) is 0 Å². The van der Waals surface area contributed by atoms with Crippen LogP contribution in [0.1, 0.15) is 55.5 Å². The Morgan fingerprint density at radius 3 is 2.43 bits per heavy atom. The lowest BCUT2D eigenvalue weighted by atomic mass is 9.92. The Bertz CT molecular complexity index is 813. The molecule has 1 aliphatic rings. The summed E-state index contributed by atoms with van der Waals surface area (Å²) in [5.41, 5.74) is -1.92. The lowest BCUT2D eigenvalue weighted by molar-refractivity contribution is -0.144. The minimum absolute atomic E-state index is 0.143. The smallest absolute Gasteiger partial charge is 0.342 e. The molecule has 2 atom stereocenters. The molecule has 0 aromatic heterocycles. The van der Waals surface area contributed by atoms with E-state index in [1.54, 1.807) is 0 Å². The van der Waals surface area contributed by atoms with Gasteiger partial charge in [-0.3, -0.25) is 14.4 Å². The van der Waals surface area contributed by atoms with Gasteiger partial charge >= 0.3 is 5.97 Å². The number of hydrogen-bond acceptors (Lipinski definition) is 7. The van der Waals surface area contributed by atoms with Crippen molar-refractivity contribution in [2.24, 2.45) is 0 Å². The average Bonchev–Trinajstić information content (AvgIpc) is 2.63. The number of benzene rings is 1. The second-order valence-corrected chi connectivity index (χ2v) is 7.04. The number of aryl methyl sites for hydroxylation is 1. The molecule has 0 unspecified atom stereocenters. The van der Waals surface area contributed by atoms with E-state index >= 15 is 0 Å². The fourth-order valence-electron chi connectivity index (χ4n) is 2.93. The standard InChI is InChI=1S/C20H23FO7/c1-11-20(2,21)8-7-15(23)18(25)14(22)6-4-5-12-9-13(27-3)10-16(24)17(12)19(26)28-11/h9-11,24H,4-8H2,1-3H3/t11-,20-/m0/s1. The number of carbonyl (C=O) groups excluding carboxylic acids is 4. The van der Waals surface area contributed by atoms with Crippen molar-refractivity contribution < 1.29 is 38.1 Å². The molecule has 0 amide bonds. The molecule has 28 heavy (non-hydrogen) atoms. The summed E-state index contributed by atoms with van der Waals surface area (Å²) in [7, 11) is 1.38. The van der Waals surface area contributed by atoms with Crippen molar-refractivity contribution in [3.63, 3.8) is 0 Å². The number of cyclic esters (lactones) is 1. The predicted molar refractivity (Wildman–Crippen MR) is 96.2 cm³/mol. The van der Waals surface area contributed by atoms with Gasteiger partial charge in [-0.1, -0.05) is 0 Å². The number of fused-ring (bicyclic) bond motifs is 1. The Labute approximate surface area is 161 Å². The SMILES string of the molecule is COc1cc(O)c2c(c1)CCCC(=O)C(=O)C(=O)CC[C@](C)(F)[C@H](C)OC2=O. The summed E-state index contributed by atoms with van der Waals surface area (Å²) in [5.74, 6) is -3.98. The molecule has 8 heteroatoms. The molecule has 0 fully saturated rings. The van der Waals surface area contributed by atoms with Crippen molar-refractivity contribution in [2.45, 2.75) is 57.7 Å². The Hall–Kier alpha value is -2.77. The molecular weight excluding hydrogens is 371 g/mol. The summed E-state index contributed by atoms with van der Waals surface area (Å²) >= 11 is 0. The monoisotopic (exact) mass is 394 g/mol. The second-order valence-electron chi connectivity index (χ2n) is 7.04. The maximum absolute atomic E-state index is 14.9. The summed E-state index contributed by atoms with van der Waals surface area (Å²) < 4.78 is 25.2. The normalized spacial score (nSPS) is 24.9. The molecule has 1 aromatic rings. The highest BCUT2D eigenvalue weighted by Crippen LogP contribution is 2.32. The fourth-order valence-corrected chi connectivity index (χ4v) is 2.93. The van der Waals surface area contributed by atoms with Crippen LogP contribution in [-0.2, 0) is 25.5 Å². The highest BCUT2D eigenvalue weighted by molar-refractivity contribution is 6.63. The van der Waals surface area contributed by atoms with Gasteiger partial charge in [0.2, 0.25) is 11.6 Å². The van der Waals surface area contributed by atoms with Crippen LogP contribution in [0.5, 0.6) is 11.5 Å². The zero-order valence-electron chi connectivity index (χ0n) is 16.0. The molecule has 0 saturated carbocycles. The van der Waals surface area contributed by atoms with Gasteiger partial charge in [0.25, 0.3) is 5.78 Å². The Morgan fingerprint density at radius 2 is 1.79 bits per heavy atom. The van der Waals surface area contributed by atoms with Crippen molar-refractivity contribution in [3.8, 4) is 11.5 Å². The lowest BCUT2D eigenvalue weighted by Crippen LogP contribution is -2.38. The Balaban J connectivity index is 2.45. The van der Waals surface area contributed by atoms with Crippen LogP contribution in [0.4, 0.5) is 4.39 Å². The molecule has 0 aliphatic carbocycles. The number of halogens is 1. The van der Waals surface area contributed by atoms with Gasteiger partial charge in [0.05, 0.1) is 7.11 Å². The molecule has 1 aromatic carbocycles. The number of aromatic hydroxyl groups is 1. The first-order chi connectivity index (χ1) is 13.1. The molecule has 1 heterocycles. The highest BCUT2D eigenvalue weighted by atomic mass is 19.1. The van der Waals surface area contributed by atoms with Gasteiger partial charge in [-0.05, 0) is 44.7 Å². The van der Waals surface area contributed by atoms with E-state index in [4.69, 9.17) is 9.47 Å². The van der Waals surface area contributed by atoms with Crippen LogP contribution in [0.2, 0.25) is 0 Å². The van der Waals surface area contributed by atoms with E-state index < -0.39 is 47.3 Å². The van der Waals surface area contributed by atoms with Crippen molar-refractivity contribution in [1.29, 1.82) is 0 Å². The number of ether oxygens (including phenoxy) is 2. The van der Waals surface area contributed by atoms with Crippen LogP contribution in [0.25, 0.3) is 0 Å². The summed E-state index contributed by atoms with van der Waals surface area (Å²) in [6, 6.07) is 2.73. The second kappa shape index (κ2) is 8.50. The molecule has 2 rings (SSSR count). The van der Waals surface area contributed by atoms with Crippen molar-refractivity contribution >= 4 is 23.3 Å². The number of phenolic OH excluding ortho intramolecular Hbond substituents is 1. The quantitative estimate of drug-likeness (QED) is 0.576. The van der Waals surface area contributed by atoms with Gasteiger partial charge in [-0.2, -0.15) is 0 Å². The van der Waals surface area contributed by atoms with Crippen molar-refractivity contribution in [3.05, 3.63) is 23.3 Å². The Kier molecular flexibility index (Phi) is 6.53. The zero-order valence-corrected chi connectivity index (χ0v) is 16.0. The van der Waals surface area contributed by atoms with Gasteiger partial charge in [0.15, 0.2) is 0 Å². The number of esters is 1. The molecule has 0 bridgehead atoms. The highest BCUT2D eigenvalue weighted by Gasteiger charge is 2.37. The molecule has 0 saturated heterocycles. The number of phenols is 1. The molecule has 1 aliphatic heterocycles. The number of alkyl halides is 1. The van der Waals surface area contributed by atoms with E-state index in [2.05, 4.69) is 0 Å². The summed E-state index contributed by atoms with van der Waals surface area (Å²) in [4.78, 5) is 48.3. The van der Waals surface area contributed by atoms with Gasteiger partial charge in [0, 0.05) is 18.9 Å². The maximum atomic E-state index is 14.9. The first-order valence-corrected chi connectivity index (χ1v) is 8.97. The van der Waals surface area contributed by atoms with Gasteiger partial charge < -0.3 is 14.6 Å². The van der Waals surface area contributed by atoms with E-state index in [9.17, 15) is 28.7 Å². The topological polar surface area (TPSA) is 107 Å². The minimum atomic E-state index is -2.11. The summed E-state index contributed by atoms with van der Waals surface area (Å²) in [5, 5.41) is 10.2. The summed E-state index contributed by atoms with van der Waals surface area (Å²) in [6.07, 6.45) is -2.00. The average molecular weight is 394 g/mol. The molecular formula is C20H23FO7. The zero-order chi connectivity index (χ0) is 21.1. The van der Waals surface area contributed by atoms with E-state index in [0.29, 0.717) is 5.56 Å². The van der Waals surface area contributed by atoms with Gasteiger partial charge in [0.1, 0.15) is 28.8 Å². The third-order valence-electron chi connectivity index (χ3n) is 4.94. The van der Waals surface area contributed by atoms with Crippen LogP contribution >= 0.6 is 0 Å². The Morgan fingerprint density at radius 1 is 1.14 bits per heavy atom. The lowest BCUT2D eigenvalue weighted by Gasteiger charge is -2.27. The molecule has 0 radical (unpaired) electrons. The first kappa shape index (κ1) is 21.5. The van der Waals surface area contributed by atoms with E-state index in [1.165, 1.54) is 26.2 Å². The van der Waals surface area contributed by atoms with E-state index in [-0.39, 0.29) is 37.0 Å². The molecule has 152 valence electrons. The van der Waals surface area contributed by atoms with Crippen LogP contribution in [0.3, 0.4) is 0 Å². The van der Waals surface area contributed by atoms with Crippen LogP contribution < -0.4 is 4.74 Å². The number of ketones is 3. The van der Waals surface area contributed by atoms with Crippen LogP contribution in [0, 0.1) is 0 Å². The fraction of sp³-hybridized carbons (Fsp3) is 0.500. The largest absolute Gasteiger partial charge is 0.507 e. The number of Topliss-reactive ketones (excluding diaryl/α,β-unsaturated/α-hetero) is 3. The van der Waals surface area contributed by atoms with Gasteiger partial charge in [-0.15, -0.1) is 0 Å². The third kappa shape index (κ3) is 4.74. The van der Waals surface area contributed by atoms with E-state index in [0.717, 1.165) is 6.92 Å². The molecule has 0 spiro atoms. The number of methoxy groups -OCH3 is 1. The number of rotatable bonds is 1. The summed E-state index contributed by atoms with van der Waals surface area (Å²) in [6.45, 7) is 2.46. The molecule has 7 nitrogen and oxygen atoms in total. The van der Waals surface area contributed by atoms with Crippen LogP contribution in [-0.4, -0.2) is 47.3 Å². The minimum Gasteiger partial charge on any atom is -0.507 e. The van der Waals surface area contributed by atoms with Crippen molar-refractivity contribution in [1.82, 2.24) is 0 Å². The molecule has 1 N–H and O–H groups in total. The number of hydrogen-bond donors (Lipinski definition) is 1. The predicted octanol–water partition coefficient (Wildman–Crippen LogP) is 2.50. The van der Waals surface area contributed by atoms with Crippen LogP contribution in [0.15, 0.2) is 12.1 Å². The third-order valence-corrected chi connectivity index (χ3v) is 4.94. The number of carbonyl (C=O) groups is 4. The van der Waals surface area contributed by atoms with Crippen molar-refractivity contribution in [2.75, 3.05) is 7.11 Å².